The Morgan fingerprint density at radius 1 is 1.32 bits per heavy atom. The molecule has 0 radical (unpaired) electrons. The molecule has 2 aromatic rings. The second kappa shape index (κ2) is 4.89. The Hall–Kier alpha value is -2.70. The van der Waals surface area contributed by atoms with Crippen LogP contribution in [-0.4, -0.2) is 25.2 Å². The van der Waals surface area contributed by atoms with Gasteiger partial charge in [0.15, 0.2) is 0 Å². The van der Waals surface area contributed by atoms with Gasteiger partial charge in [0, 0.05) is 25.6 Å². The van der Waals surface area contributed by atoms with E-state index in [-0.39, 0.29) is 17.8 Å². The van der Waals surface area contributed by atoms with E-state index in [0.29, 0.717) is 0 Å². The average molecular weight is 261 g/mol. The molecule has 1 N–H and O–H groups in total. The van der Waals surface area contributed by atoms with Crippen molar-refractivity contribution in [1.29, 1.82) is 0 Å². The maximum atomic E-state index is 11.7. The van der Waals surface area contributed by atoms with Gasteiger partial charge in [-0.05, 0) is 12.1 Å². The lowest BCUT2D eigenvalue weighted by atomic mass is 10.2. The molecule has 7 heteroatoms. The first-order valence-corrected chi connectivity index (χ1v) is 5.44. The quantitative estimate of drug-likeness (QED) is 0.765. The zero-order chi connectivity index (χ0) is 14.0. The smallest absolute Gasteiger partial charge is 0.337 e. The van der Waals surface area contributed by atoms with Crippen LogP contribution in [0.1, 0.15) is 16.1 Å². The van der Waals surface area contributed by atoms with Crippen molar-refractivity contribution in [2.45, 2.75) is 6.54 Å². The first-order valence-electron chi connectivity index (χ1n) is 5.44. The van der Waals surface area contributed by atoms with E-state index in [2.05, 4.69) is 4.98 Å². The summed E-state index contributed by atoms with van der Waals surface area (Å²) in [4.78, 5) is 38.2. The van der Waals surface area contributed by atoms with Gasteiger partial charge in [-0.25, -0.2) is 4.79 Å². The topological polar surface area (TPSA) is 94.2 Å². The summed E-state index contributed by atoms with van der Waals surface area (Å²) in [5.74, 6) is -1.13. The molecule has 0 saturated heterocycles. The fourth-order valence-corrected chi connectivity index (χ4v) is 1.63. The van der Waals surface area contributed by atoms with Crippen LogP contribution in [0.15, 0.2) is 40.3 Å². The lowest BCUT2D eigenvalue weighted by Gasteiger charge is -2.07. The van der Waals surface area contributed by atoms with Crippen LogP contribution in [0.25, 0.3) is 0 Å². The predicted octanol–water partition coefficient (Wildman–Crippen LogP) is -0.311. The van der Waals surface area contributed by atoms with Crippen LogP contribution in [-0.2, 0) is 13.6 Å². The van der Waals surface area contributed by atoms with Gasteiger partial charge < -0.3 is 14.2 Å². The first kappa shape index (κ1) is 12.7. The van der Waals surface area contributed by atoms with E-state index in [9.17, 15) is 14.4 Å². The van der Waals surface area contributed by atoms with Crippen molar-refractivity contribution in [3.63, 3.8) is 0 Å². The summed E-state index contributed by atoms with van der Waals surface area (Å²) in [7, 11) is 1.47. The van der Waals surface area contributed by atoms with Crippen LogP contribution >= 0.6 is 0 Å². The lowest BCUT2D eigenvalue weighted by molar-refractivity contribution is 0.0695. The third kappa shape index (κ3) is 2.44. The highest BCUT2D eigenvalue weighted by atomic mass is 16.4. The summed E-state index contributed by atoms with van der Waals surface area (Å²) in [6, 6.07) is 2.90. The highest BCUT2D eigenvalue weighted by molar-refractivity contribution is 5.88. The molecule has 2 rings (SSSR count). The Labute approximate surface area is 107 Å². The maximum Gasteiger partial charge on any atom is 0.337 e. The van der Waals surface area contributed by atoms with E-state index in [1.54, 1.807) is 0 Å². The minimum Gasteiger partial charge on any atom is -0.478 e. The minimum atomic E-state index is -1.13. The lowest BCUT2D eigenvalue weighted by Crippen LogP contribution is -2.39. The molecular weight excluding hydrogens is 250 g/mol. The fourth-order valence-electron chi connectivity index (χ4n) is 1.63. The molecule has 0 spiro atoms. The van der Waals surface area contributed by atoms with Gasteiger partial charge in [-0.1, -0.05) is 0 Å². The van der Waals surface area contributed by atoms with Crippen molar-refractivity contribution in [3.05, 3.63) is 62.7 Å². The zero-order valence-corrected chi connectivity index (χ0v) is 10.1. The summed E-state index contributed by atoms with van der Waals surface area (Å²) < 4.78 is 2.30. The molecule has 0 fully saturated rings. The standard InChI is InChI=1S/C12H11N3O4/c1-14-5-6-15(11(17)10(14)16)7-9-8(12(18)19)3-2-4-13-9/h2-6H,7H2,1H3,(H,18,19). The van der Waals surface area contributed by atoms with Crippen LogP contribution < -0.4 is 11.1 Å². The summed E-state index contributed by atoms with van der Waals surface area (Å²) in [6.07, 6.45) is 4.30. The second-order valence-electron chi connectivity index (χ2n) is 3.95. The van der Waals surface area contributed by atoms with Crippen LogP contribution in [0.5, 0.6) is 0 Å². The Morgan fingerprint density at radius 3 is 2.74 bits per heavy atom. The molecule has 0 atom stereocenters. The molecule has 0 aliphatic heterocycles. The molecule has 98 valence electrons. The number of aromatic carboxylic acids is 1. The monoisotopic (exact) mass is 261 g/mol. The zero-order valence-electron chi connectivity index (χ0n) is 10.1. The number of carboxylic acids is 1. The number of pyridine rings is 1. The van der Waals surface area contributed by atoms with Gasteiger partial charge in [-0.3, -0.25) is 14.6 Å². The van der Waals surface area contributed by atoms with Gasteiger partial charge in [0.1, 0.15) is 0 Å². The number of carboxylic acid groups (broad SMARTS) is 1. The van der Waals surface area contributed by atoms with Crippen molar-refractivity contribution in [2.75, 3.05) is 0 Å². The van der Waals surface area contributed by atoms with E-state index in [1.807, 2.05) is 0 Å². The van der Waals surface area contributed by atoms with Crippen molar-refractivity contribution in [1.82, 2.24) is 14.1 Å². The fraction of sp³-hybridized carbons (Fsp3) is 0.167. The van der Waals surface area contributed by atoms with E-state index in [0.717, 1.165) is 9.13 Å². The summed E-state index contributed by atoms with van der Waals surface area (Å²) >= 11 is 0. The second-order valence-corrected chi connectivity index (χ2v) is 3.95. The van der Waals surface area contributed by atoms with Gasteiger partial charge in [-0.2, -0.15) is 0 Å². The number of carbonyl (C=O) groups is 1. The number of nitrogens with zero attached hydrogens (tertiary/aromatic N) is 3. The Bertz CT molecular complexity index is 745. The number of aryl methyl sites for hydroxylation is 1. The van der Waals surface area contributed by atoms with E-state index in [4.69, 9.17) is 5.11 Å². The van der Waals surface area contributed by atoms with Crippen molar-refractivity contribution >= 4 is 5.97 Å². The molecule has 19 heavy (non-hydrogen) atoms. The number of hydrogen-bond acceptors (Lipinski definition) is 4. The maximum absolute atomic E-state index is 11.7. The third-order valence-corrected chi connectivity index (χ3v) is 2.68. The number of rotatable bonds is 3. The minimum absolute atomic E-state index is 0.00933. The van der Waals surface area contributed by atoms with Crippen molar-refractivity contribution < 1.29 is 9.90 Å². The van der Waals surface area contributed by atoms with Gasteiger partial charge in [-0.15, -0.1) is 0 Å². The SMILES string of the molecule is Cn1ccn(Cc2ncccc2C(=O)O)c(=O)c1=O. The molecule has 0 aromatic carbocycles. The van der Waals surface area contributed by atoms with Gasteiger partial charge >= 0.3 is 17.1 Å². The van der Waals surface area contributed by atoms with Gasteiger partial charge in [0.05, 0.1) is 17.8 Å². The largest absolute Gasteiger partial charge is 0.478 e. The molecule has 2 heterocycles. The average Bonchev–Trinajstić information content (AvgIpc) is 2.40. The van der Waals surface area contributed by atoms with Crippen LogP contribution in [0.4, 0.5) is 0 Å². The molecule has 0 saturated carbocycles. The number of aromatic nitrogens is 3. The predicted molar refractivity (Wildman–Crippen MR) is 66.2 cm³/mol. The molecule has 0 amide bonds. The van der Waals surface area contributed by atoms with E-state index in [1.165, 1.54) is 37.8 Å². The highest BCUT2D eigenvalue weighted by Gasteiger charge is 2.12. The normalized spacial score (nSPS) is 10.4. The van der Waals surface area contributed by atoms with Crippen LogP contribution in [0, 0.1) is 0 Å². The van der Waals surface area contributed by atoms with Gasteiger partial charge in [0.2, 0.25) is 0 Å². The van der Waals surface area contributed by atoms with Crippen LogP contribution in [0.2, 0.25) is 0 Å². The van der Waals surface area contributed by atoms with Gasteiger partial charge in [0.25, 0.3) is 0 Å². The Balaban J connectivity index is 2.49. The first-order chi connectivity index (χ1) is 9.00. The molecule has 2 aromatic heterocycles. The summed E-state index contributed by atoms with van der Waals surface area (Å²) in [5, 5.41) is 9.02. The molecule has 0 aliphatic rings. The number of hydrogen-bond donors (Lipinski definition) is 1. The van der Waals surface area contributed by atoms with Crippen molar-refractivity contribution in [3.8, 4) is 0 Å². The van der Waals surface area contributed by atoms with E-state index >= 15 is 0 Å². The Morgan fingerprint density at radius 2 is 2.05 bits per heavy atom. The molecule has 0 unspecified atom stereocenters. The molecular formula is C12H11N3O4. The third-order valence-electron chi connectivity index (χ3n) is 2.68. The Kier molecular flexibility index (Phi) is 3.28. The van der Waals surface area contributed by atoms with E-state index < -0.39 is 17.1 Å². The molecule has 7 nitrogen and oxygen atoms in total. The highest BCUT2D eigenvalue weighted by Crippen LogP contribution is 2.06. The summed E-state index contributed by atoms with van der Waals surface area (Å²) in [6.45, 7) is -0.0581. The molecule has 0 aliphatic carbocycles. The van der Waals surface area contributed by atoms with Crippen LogP contribution in [0.3, 0.4) is 0 Å². The molecule has 0 bridgehead atoms. The summed E-state index contributed by atoms with van der Waals surface area (Å²) in [5.41, 5.74) is -1.15. The van der Waals surface area contributed by atoms with Crippen molar-refractivity contribution in [2.24, 2.45) is 7.05 Å².